The van der Waals surface area contributed by atoms with Crippen molar-refractivity contribution in [1.82, 2.24) is 9.88 Å². The molecule has 0 amide bonds. The zero-order chi connectivity index (χ0) is 25.2. The zero-order valence-corrected chi connectivity index (χ0v) is 22.1. The third-order valence-corrected chi connectivity index (χ3v) is 8.66. The van der Waals surface area contributed by atoms with Crippen LogP contribution >= 0.6 is 34.5 Å². The largest absolute Gasteiger partial charge is 0.392 e. The van der Waals surface area contributed by atoms with E-state index in [1.54, 1.807) is 12.1 Å². The van der Waals surface area contributed by atoms with Gasteiger partial charge in [0.1, 0.15) is 10.7 Å². The summed E-state index contributed by atoms with van der Waals surface area (Å²) in [6, 6.07) is 13.6. The van der Waals surface area contributed by atoms with Gasteiger partial charge >= 0.3 is 0 Å². The Bertz CT molecular complexity index is 1230. The Morgan fingerprint density at radius 2 is 1.81 bits per heavy atom. The fraction of sp³-hybridized carbons (Fsp3) is 0.385. The second kappa shape index (κ2) is 10.9. The summed E-state index contributed by atoms with van der Waals surface area (Å²) in [7, 11) is 0. The van der Waals surface area contributed by atoms with Crippen LogP contribution in [-0.2, 0) is 0 Å². The van der Waals surface area contributed by atoms with Crippen LogP contribution in [0.5, 0.6) is 0 Å². The number of rotatable bonds is 6. The normalized spacial score (nSPS) is 19.4. The summed E-state index contributed by atoms with van der Waals surface area (Å²) in [4.78, 5) is 22.5. The number of likely N-dealkylation sites (tertiary alicyclic amines) is 1. The maximum Gasteiger partial charge on any atom is 0.206 e. The Kier molecular flexibility index (Phi) is 7.69. The molecule has 190 valence electrons. The fourth-order valence-corrected chi connectivity index (χ4v) is 6.16. The monoisotopic (exact) mass is 545 g/mol. The molecule has 4 N–H and O–H groups in total. The number of aliphatic hydroxyl groups excluding tert-OH is 1. The SMILES string of the molecule is Nc1nc(Nc2ccc(N3CCC(N4CCCC(O)C4)CC3)cc2)sc1C(=O)c1ccc(Cl)c(Cl)c1. The van der Waals surface area contributed by atoms with Crippen LogP contribution in [-0.4, -0.2) is 59.1 Å². The lowest BCUT2D eigenvalue weighted by atomic mass is 9.98. The van der Waals surface area contributed by atoms with E-state index < -0.39 is 0 Å². The summed E-state index contributed by atoms with van der Waals surface area (Å²) in [5.74, 6) is -0.0614. The molecule has 36 heavy (non-hydrogen) atoms. The highest BCUT2D eigenvalue weighted by atomic mass is 35.5. The number of anilines is 4. The van der Waals surface area contributed by atoms with E-state index >= 15 is 0 Å². The molecule has 0 saturated carbocycles. The Balaban J connectivity index is 1.19. The van der Waals surface area contributed by atoms with Gasteiger partial charge in [0.05, 0.1) is 16.1 Å². The minimum atomic E-state index is -0.241. The molecule has 0 radical (unpaired) electrons. The van der Waals surface area contributed by atoms with Crippen LogP contribution in [0.15, 0.2) is 42.5 Å². The molecule has 3 heterocycles. The number of aromatic nitrogens is 1. The molecule has 0 aliphatic carbocycles. The first-order valence-electron chi connectivity index (χ1n) is 12.2. The van der Waals surface area contributed by atoms with Crippen molar-refractivity contribution in [2.45, 2.75) is 37.8 Å². The number of thiazole rings is 1. The minimum absolute atomic E-state index is 0.171. The van der Waals surface area contributed by atoms with Gasteiger partial charge in [0.25, 0.3) is 0 Å². The number of halogens is 2. The molecule has 3 aromatic rings. The van der Waals surface area contributed by atoms with Crippen molar-refractivity contribution in [2.24, 2.45) is 0 Å². The van der Waals surface area contributed by atoms with Crippen LogP contribution < -0.4 is 16.0 Å². The van der Waals surface area contributed by atoms with Crippen LogP contribution in [0.1, 0.15) is 40.9 Å². The average molecular weight is 547 g/mol. The lowest BCUT2D eigenvalue weighted by Crippen LogP contribution is -2.49. The van der Waals surface area contributed by atoms with Gasteiger partial charge in [0, 0.05) is 42.6 Å². The smallest absolute Gasteiger partial charge is 0.206 e. The maximum atomic E-state index is 12.9. The van der Waals surface area contributed by atoms with Crippen molar-refractivity contribution in [3.05, 3.63) is 63.0 Å². The van der Waals surface area contributed by atoms with Gasteiger partial charge < -0.3 is 21.1 Å². The Hall–Kier alpha value is -2.36. The quantitative estimate of drug-likeness (QED) is 0.355. The van der Waals surface area contributed by atoms with E-state index in [2.05, 4.69) is 32.2 Å². The molecule has 2 saturated heterocycles. The predicted octanol–water partition coefficient (Wildman–Crippen LogP) is 5.43. The Morgan fingerprint density at radius 1 is 1.06 bits per heavy atom. The van der Waals surface area contributed by atoms with Gasteiger partial charge in [-0.25, -0.2) is 4.98 Å². The molecular formula is C26H29Cl2N5O2S. The van der Waals surface area contributed by atoms with Crippen molar-refractivity contribution >= 4 is 62.6 Å². The van der Waals surface area contributed by atoms with Crippen molar-refractivity contribution in [1.29, 1.82) is 0 Å². The van der Waals surface area contributed by atoms with Gasteiger partial charge in [-0.1, -0.05) is 34.5 Å². The molecule has 10 heteroatoms. The van der Waals surface area contributed by atoms with Gasteiger partial charge in [-0.05, 0) is 74.7 Å². The van der Waals surface area contributed by atoms with E-state index in [1.807, 2.05) is 12.1 Å². The number of benzene rings is 2. The summed E-state index contributed by atoms with van der Waals surface area (Å²) in [6.45, 7) is 3.93. The number of ketones is 1. The summed E-state index contributed by atoms with van der Waals surface area (Å²) in [5, 5.41) is 14.5. The lowest BCUT2D eigenvalue weighted by molar-refractivity contribution is 0.0398. The standard InChI is InChI=1S/C26H29Cl2N5O2S/c27-21-8-3-16(14-22(21)28)23(35)24-25(29)31-26(36-24)30-17-4-6-18(7-5-17)32-12-9-19(10-13-32)33-11-1-2-20(34)15-33/h3-8,14,19-20,34H,1-2,9-13,15,29H2,(H,30,31). The third kappa shape index (κ3) is 5.63. The molecule has 2 aromatic carbocycles. The maximum absolute atomic E-state index is 12.9. The number of aliphatic hydroxyl groups is 1. The summed E-state index contributed by atoms with van der Waals surface area (Å²) in [6.07, 6.45) is 4.07. The molecule has 0 bridgehead atoms. The first-order valence-corrected chi connectivity index (χ1v) is 13.7. The molecule has 2 aliphatic heterocycles. The van der Waals surface area contributed by atoms with Crippen LogP contribution in [0.25, 0.3) is 0 Å². The van der Waals surface area contributed by atoms with Crippen molar-refractivity contribution < 1.29 is 9.90 Å². The first-order chi connectivity index (χ1) is 17.4. The first kappa shape index (κ1) is 25.3. The van der Waals surface area contributed by atoms with Crippen molar-refractivity contribution in [3.8, 4) is 0 Å². The number of nitrogens with one attached hydrogen (secondary N) is 1. The van der Waals surface area contributed by atoms with E-state index in [1.165, 1.54) is 23.1 Å². The van der Waals surface area contributed by atoms with Gasteiger partial charge in [-0.2, -0.15) is 0 Å². The van der Waals surface area contributed by atoms with E-state index in [4.69, 9.17) is 28.9 Å². The van der Waals surface area contributed by atoms with Crippen molar-refractivity contribution in [2.75, 3.05) is 42.1 Å². The van der Waals surface area contributed by atoms with E-state index in [0.29, 0.717) is 31.7 Å². The van der Waals surface area contributed by atoms with Crippen LogP contribution in [0.3, 0.4) is 0 Å². The molecule has 5 rings (SSSR count). The zero-order valence-electron chi connectivity index (χ0n) is 19.8. The molecule has 2 aliphatic rings. The molecule has 2 fully saturated rings. The average Bonchev–Trinajstić information content (AvgIpc) is 3.25. The summed E-state index contributed by atoms with van der Waals surface area (Å²) < 4.78 is 0. The summed E-state index contributed by atoms with van der Waals surface area (Å²) in [5.41, 5.74) is 8.52. The van der Waals surface area contributed by atoms with E-state index in [9.17, 15) is 9.90 Å². The number of hydrogen-bond donors (Lipinski definition) is 3. The van der Waals surface area contributed by atoms with Gasteiger partial charge in [0.15, 0.2) is 5.13 Å². The number of nitrogen functional groups attached to an aromatic ring is 1. The molecular weight excluding hydrogens is 517 g/mol. The second-order valence-corrected chi connectivity index (χ2v) is 11.2. The van der Waals surface area contributed by atoms with Crippen LogP contribution in [0.2, 0.25) is 10.0 Å². The van der Waals surface area contributed by atoms with Gasteiger partial charge in [-0.15, -0.1) is 0 Å². The summed E-state index contributed by atoms with van der Waals surface area (Å²) >= 11 is 13.2. The predicted molar refractivity (Wildman–Crippen MR) is 148 cm³/mol. The van der Waals surface area contributed by atoms with Crippen LogP contribution in [0, 0.1) is 0 Å². The number of carbonyl (C=O) groups is 1. The number of β-amino-alcohol motifs (C(OH)–C–C–N with tert-alkyl or cyclic N) is 1. The molecule has 1 unspecified atom stereocenters. The number of carbonyl (C=O) groups excluding carboxylic acids is 1. The van der Waals surface area contributed by atoms with E-state index in [0.717, 1.165) is 57.5 Å². The number of nitrogens with two attached hydrogens (primary N) is 1. The molecule has 1 aromatic heterocycles. The highest BCUT2D eigenvalue weighted by molar-refractivity contribution is 7.18. The number of piperidine rings is 2. The second-order valence-electron chi connectivity index (χ2n) is 9.37. The topological polar surface area (TPSA) is 94.7 Å². The van der Waals surface area contributed by atoms with Crippen LogP contribution in [0.4, 0.5) is 22.3 Å². The lowest BCUT2D eigenvalue weighted by Gasteiger charge is -2.42. The van der Waals surface area contributed by atoms with Gasteiger partial charge in [-0.3, -0.25) is 9.69 Å². The molecule has 1 atom stereocenters. The number of nitrogens with zero attached hydrogens (tertiary/aromatic N) is 3. The fourth-order valence-electron chi connectivity index (χ4n) is 5.00. The highest BCUT2D eigenvalue weighted by Gasteiger charge is 2.28. The molecule has 7 nitrogen and oxygen atoms in total. The Morgan fingerprint density at radius 3 is 2.50 bits per heavy atom. The van der Waals surface area contributed by atoms with Gasteiger partial charge in [0.2, 0.25) is 5.78 Å². The minimum Gasteiger partial charge on any atom is -0.392 e. The van der Waals surface area contributed by atoms with E-state index in [-0.39, 0.29) is 17.7 Å². The van der Waals surface area contributed by atoms with Crippen molar-refractivity contribution in [3.63, 3.8) is 0 Å². The highest BCUT2D eigenvalue weighted by Crippen LogP contribution is 2.32. The third-order valence-electron chi connectivity index (χ3n) is 6.93. The molecule has 0 spiro atoms. The Labute approximate surface area is 224 Å². The number of hydrogen-bond acceptors (Lipinski definition) is 8.